The summed E-state index contributed by atoms with van der Waals surface area (Å²) in [7, 11) is -1.34. The molecule has 1 heterocycles. The van der Waals surface area contributed by atoms with Crippen LogP contribution >= 0.6 is 0 Å². The summed E-state index contributed by atoms with van der Waals surface area (Å²) in [6, 6.07) is 19.4. The maximum Gasteiger partial charge on any atom is 0.235 e. The Bertz CT molecular complexity index is 912. The Balaban J connectivity index is 1.55. The lowest BCUT2D eigenvalue weighted by Gasteiger charge is -2.35. The maximum atomic E-state index is 12.7. The molecule has 0 radical (unpaired) electrons. The fraction of sp³-hybridized carbons (Fsp3) is 0.458. The highest BCUT2D eigenvalue weighted by Crippen LogP contribution is 2.16. The SMILES string of the molecule is CN1CCN(CC(NC(=O)CS(=O)(=O)CCCc2ccccc2)c2ccccc2)CC1. The molecule has 0 bridgehead atoms. The van der Waals surface area contributed by atoms with Gasteiger partial charge in [-0.1, -0.05) is 60.7 Å². The van der Waals surface area contributed by atoms with Crippen LogP contribution in [0.4, 0.5) is 0 Å². The van der Waals surface area contributed by atoms with Gasteiger partial charge in [-0.15, -0.1) is 0 Å². The second-order valence-corrected chi connectivity index (χ2v) is 10.5. The number of hydrogen-bond donors (Lipinski definition) is 1. The van der Waals surface area contributed by atoms with Gasteiger partial charge in [0.05, 0.1) is 11.8 Å². The lowest BCUT2D eigenvalue weighted by Crippen LogP contribution is -2.48. The molecule has 31 heavy (non-hydrogen) atoms. The molecule has 7 heteroatoms. The Kier molecular flexibility index (Phi) is 8.63. The van der Waals surface area contributed by atoms with Gasteiger partial charge in [0.2, 0.25) is 5.91 Å². The van der Waals surface area contributed by atoms with Crippen molar-refractivity contribution in [2.75, 3.05) is 51.3 Å². The third kappa shape index (κ3) is 8.09. The van der Waals surface area contributed by atoms with E-state index in [1.165, 1.54) is 0 Å². The molecule has 0 spiro atoms. The molecule has 1 fully saturated rings. The van der Waals surface area contributed by atoms with Crippen molar-refractivity contribution in [1.82, 2.24) is 15.1 Å². The van der Waals surface area contributed by atoms with Crippen molar-refractivity contribution >= 4 is 15.7 Å². The minimum absolute atomic E-state index is 0.0176. The van der Waals surface area contributed by atoms with Crippen LogP contribution in [-0.4, -0.2) is 75.4 Å². The minimum atomic E-state index is -3.45. The van der Waals surface area contributed by atoms with Gasteiger partial charge in [0, 0.05) is 32.7 Å². The predicted molar refractivity (Wildman–Crippen MR) is 125 cm³/mol. The average molecular weight is 444 g/mol. The largest absolute Gasteiger partial charge is 0.347 e. The first-order valence-corrected chi connectivity index (χ1v) is 12.7. The molecule has 0 aromatic heterocycles. The van der Waals surface area contributed by atoms with Gasteiger partial charge in [-0.2, -0.15) is 0 Å². The van der Waals surface area contributed by atoms with Gasteiger partial charge < -0.3 is 10.2 Å². The van der Waals surface area contributed by atoms with Crippen molar-refractivity contribution in [3.05, 3.63) is 71.8 Å². The number of carbonyl (C=O) groups is 1. The van der Waals surface area contributed by atoms with Crippen molar-refractivity contribution < 1.29 is 13.2 Å². The highest BCUT2D eigenvalue weighted by molar-refractivity contribution is 7.92. The molecule has 2 aromatic rings. The third-order valence-electron chi connectivity index (χ3n) is 5.69. The van der Waals surface area contributed by atoms with Crippen LogP contribution in [0.25, 0.3) is 0 Å². The zero-order chi connectivity index (χ0) is 22.1. The van der Waals surface area contributed by atoms with E-state index < -0.39 is 21.5 Å². The second kappa shape index (κ2) is 11.4. The summed E-state index contributed by atoms with van der Waals surface area (Å²) in [4.78, 5) is 17.3. The fourth-order valence-corrected chi connectivity index (χ4v) is 5.07. The molecular formula is C24H33N3O3S. The molecule has 1 saturated heterocycles. The van der Waals surface area contributed by atoms with Crippen LogP contribution in [0, 0.1) is 0 Å². The van der Waals surface area contributed by atoms with Gasteiger partial charge in [-0.3, -0.25) is 9.69 Å². The van der Waals surface area contributed by atoms with E-state index in [0.29, 0.717) is 19.4 Å². The van der Waals surface area contributed by atoms with Crippen molar-refractivity contribution in [1.29, 1.82) is 0 Å². The third-order valence-corrected chi connectivity index (χ3v) is 7.30. The molecule has 1 aliphatic heterocycles. The molecule has 0 aliphatic carbocycles. The Labute approximate surface area is 186 Å². The van der Waals surface area contributed by atoms with E-state index in [1.54, 1.807) is 0 Å². The first-order chi connectivity index (χ1) is 14.9. The van der Waals surface area contributed by atoms with Crippen LogP contribution in [0.2, 0.25) is 0 Å². The number of piperazine rings is 1. The second-order valence-electron chi connectivity index (χ2n) is 8.32. The van der Waals surface area contributed by atoms with Gasteiger partial charge in [-0.25, -0.2) is 8.42 Å². The smallest absolute Gasteiger partial charge is 0.235 e. The van der Waals surface area contributed by atoms with Gasteiger partial charge in [0.25, 0.3) is 0 Å². The Morgan fingerprint density at radius 3 is 2.23 bits per heavy atom. The molecule has 2 aromatic carbocycles. The van der Waals surface area contributed by atoms with Crippen LogP contribution < -0.4 is 5.32 Å². The zero-order valence-electron chi connectivity index (χ0n) is 18.2. The van der Waals surface area contributed by atoms with Crippen molar-refractivity contribution in [3.8, 4) is 0 Å². The number of amides is 1. The van der Waals surface area contributed by atoms with Gasteiger partial charge in [-0.05, 0) is 31.0 Å². The number of rotatable bonds is 10. The summed E-state index contributed by atoms with van der Waals surface area (Å²) >= 11 is 0. The van der Waals surface area contributed by atoms with Gasteiger partial charge in [0.1, 0.15) is 5.75 Å². The van der Waals surface area contributed by atoms with E-state index in [1.807, 2.05) is 60.7 Å². The van der Waals surface area contributed by atoms with Crippen LogP contribution in [-0.2, 0) is 21.1 Å². The van der Waals surface area contributed by atoms with Crippen LogP contribution in [0.3, 0.4) is 0 Å². The molecule has 6 nitrogen and oxygen atoms in total. The van der Waals surface area contributed by atoms with Crippen molar-refractivity contribution in [3.63, 3.8) is 0 Å². The van der Waals surface area contributed by atoms with Crippen LogP contribution in [0.5, 0.6) is 0 Å². The summed E-state index contributed by atoms with van der Waals surface area (Å²) in [6.07, 6.45) is 1.21. The Hall–Kier alpha value is -2.22. The van der Waals surface area contributed by atoms with Crippen molar-refractivity contribution in [2.24, 2.45) is 0 Å². The summed E-state index contributed by atoms with van der Waals surface area (Å²) in [5.74, 6) is -0.875. The summed E-state index contributed by atoms with van der Waals surface area (Å²) in [5, 5.41) is 2.98. The van der Waals surface area contributed by atoms with E-state index in [2.05, 4.69) is 22.2 Å². The molecule has 168 valence electrons. The molecule has 1 N–H and O–H groups in total. The maximum absolute atomic E-state index is 12.7. The minimum Gasteiger partial charge on any atom is -0.347 e. The highest BCUT2D eigenvalue weighted by atomic mass is 32.2. The molecule has 1 amide bonds. The van der Waals surface area contributed by atoms with Crippen molar-refractivity contribution in [2.45, 2.75) is 18.9 Å². The zero-order valence-corrected chi connectivity index (χ0v) is 19.1. The van der Waals surface area contributed by atoms with E-state index in [9.17, 15) is 13.2 Å². The molecule has 1 unspecified atom stereocenters. The van der Waals surface area contributed by atoms with E-state index in [-0.39, 0.29) is 11.8 Å². The normalized spacial score (nSPS) is 16.7. The van der Waals surface area contributed by atoms with Crippen LogP contribution in [0.15, 0.2) is 60.7 Å². The Morgan fingerprint density at radius 1 is 0.968 bits per heavy atom. The van der Waals surface area contributed by atoms with E-state index >= 15 is 0 Å². The summed E-state index contributed by atoms with van der Waals surface area (Å²) in [5.41, 5.74) is 2.11. The average Bonchev–Trinajstić information content (AvgIpc) is 2.75. The topological polar surface area (TPSA) is 69.7 Å². The molecular weight excluding hydrogens is 410 g/mol. The predicted octanol–water partition coefficient (Wildman–Crippen LogP) is 2.14. The summed E-state index contributed by atoms with van der Waals surface area (Å²) in [6.45, 7) is 4.54. The Morgan fingerprint density at radius 2 is 1.58 bits per heavy atom. The van der Waals surface area contributed by atoms with Gasteiger partial charge >= 0.3 is 0 Å². The van der Waals surface area contributed by atoms with E-state index in [4.69, 9.17) is 0 Å². The molecule has 1 atom stereocenters. The number of aryl methyl sites for hydroxylation is 1. The number of carbonyl (C=O) groups excluding carboxylic acids is 1. The quantitative estimate of drug-likeness (QED) is 0.609. The molecule has 1 aliphatic rings. The first-order valence-electron chi connectivity index (χ1n) is 10.9. The number of hydrogen-bond acceptors (Lipinski definition) is 5. The number of likely N-dealkylation sites (N-methyl/N-ethyl adjacent to an activating group) is 1. The monoisotopic (exact) mass is 443 g/mol. The van der Waals surface area contributed by atoms with Crippen LogP contribution in [0.1, 0.15) is 23.6 Å². The standard InChI is InChI=1S/C24H33N3O3S/c1-26-14-16-27(17-15-26)19-23(22-12-6-3-7-13-22)25-24(28)20-31(29,30)18-8-11-21-9-4-2-5-10-21/h2-7,9-10,12-13,23H,8,11,14-20H2,1H3,(H,25,28). The number of nitrogens with zero attached hydrogens (tertiary/aromatic N) is 2. The number of benzene rings is 2. The summed E-state index contributed by atoms with van der Waals surface area (Å²) < 4.78 is 25.0. The first kappa shape index (κ1) is 23.4. The number of sulfone groups is 1. The highest BCUT2D eigenvalue weighted by Gasteiger charge is 2.23. The van der Waals surface area contributed by atoms with Gasteiger partial charge in [0.15, 0.2) is 9.84 Å². The molecule has 0 saturated carbocycles. The molecule has 3 rings (SSSR count). The lowest BCUT2D eigenvalue weighted by molar-refractivity contribution is -0.119. The van der Waals surface area contributed by atoms with E-state index in [0.717, 1.165) is 37.3 Å². The number of nitrogens with one attached hydrogen (secondary N) is 1. The lowest BCUT2D eigenvalue weighted by atomic mass is 10.1. The fourth-order valence-electron chi connectivity index (χ4n) is 3.86.